The zero-order chi connectivity index (χ0) is 20.9. The number of nitrogens with one attached hydrogen (secondary N) is 1. The van der Waals surface area contributed by atoms with Crippen molar-refractivity contribution in [3.05, 3.63) is 93.9 Å². The van der Waals surface area contributed by atoms with Crippen LogP contribution in [0.2, 0.25) is 5.02 Å². The molecule has 1 N–H and O–H groups in total. The van der Waals surface area contributed by atoms with Crippen molar-refractivity contribution in [1.29, 1.82) is 0 Å². The number of amides is 1. The molecule has 0 aliphatic rings. The first-order valence-corrected chi connectivity index (χ1v) is 11.3. The Labute approximate surface area is 183 Å². The molecule has 0 saturated heterocycles. The van der Waals surface area contributed by atoms with Crippen LogP contribution < -0.4 is 5.32 Å². The van der Waals surface area contributed by atoms with Crippen LogP contribution in [-0.2, 0) is 21.4 Å². The summed E-state index contributed by atoms with van der Waals surface area (Å²) in [5.74, 6) is -0.434. The lowest BCUT2D eigenvalue weighted by molar-refractivity contribution is -0.116. The summed E-state index contributed by atoms with van der Waals surface area (Å²) in [6, 6.07) is 22.1. The fraction of sp³-hybridized carbons (Fsp3) is 0.0952. The SMILES string of the molecule is O=C(CN(Cc1ccccc1)S(=O)(=O)c1ccc(Cl)cc1)Nc1cccc(Br)c1. The maximum absolute atomic E-state index is 13.2. The Morgan fingerprint density at radius 2 is 1.66 bits per heavy atom. The average molecular weight is 494 g/mol. The van der Waals surface area contributed by atoms with Gasteiger partial charge in [-0.3, -0.25) is 4.79 Å². The molecule has 3 aromatic carbocycles. The minimum Gasteiger partial charge on any atom is -0.325 e. The van der Waals surface area contributed by atoms with E-state index in [1.54, 1.807) is 18.2 Å². The second-order valence-electron chi connectivity index (χ2n) is 6.27. The molecule has 3 rings (SSSR count). The van der Waals surface area contributed by atoms with E-state index in [0.29, 0.717) is 10.7 Å². The number of sulfonamides is 1. The predicted octanol–water partition coefficient (Wildman–Crippen LogP) is 4.93. The van der Waals surface area contributed by atoms with E-state index in [2.05, 4.69) is 21.2 Å². The summed E-state index contributed by atoms with van der Waals surface area (Å²) in [6.45, 7) is -0.260. The lowest BCUT2D eigenvalue weighted by atomic mass is 10.2. The molecule has 0 bridgehead atoms. The maximum Gasteiger partial charge on any atom is 0.243 e. The number of rotatable bonds is 7. The number of carbonyl (C=O) groups is 1. The van der Waals surface area contributed by atoms with Gasteiger partial charge in [0.05, 0.1) is 11.4 Å². The fourth-order valence-electron chi connectivity index (χ4n) is 2.70. The molecular weight excluding hydrogens is 476 g/mol. The minimum absolute atomic E-state index is 0.0672. The fourth-order valence-corrected chi connectivity index (χ4v) is 4.61. The molecule has 0 unspecified atom stereocenters. The number of carbonyl (C=O) groups excluding carboxylic acids is 1. The van der Waals surface area contributed by atoms with Gasteiger partial charge in [-0.15, -0.1) is 0 Å². The Bertz CT molecular complexity index is 1090. The zero-order valence-electron chi connectivity index (χ0n) is 15.3. The van der Waals surface area contributed by atoms with Crippen molar-refractivity contribution in [2.45, 2.75) is 11.4 Å². The van der Waals surface area contributed by atoms with Gasteiger partial charge in [0.15, 0.2) is 0 Å². The quantitative estimate of drug-likeness (QED) is 0.507. The van der Waals surface area contributed by atoms with Gasteiger partial charge in [-0.25, -0.2) is 8.42 Å². The Morgan fingerprint density at radius 1 is 0.966 bits per heavy atom. The molecule has 0 radical (unpaired) electrons. The van der Waals surface area contributed by atoms with Gasteiger partial charge >= 0.3 is 0 Å². The van der Waals surface area contributed by atoms with Crippen molar-refractivity contribution in [3.8, 4) is 0 Å². The van der Waals surface area contributed by atoms with E-state index in [4.69, 9.17) is 11.6 Å². The van der Waals surface area contributed by atoms with Crippen molar-refractivity contribution < 1.29 is 13.2 Å². The number of nitrogens with zero attached hydrogens (tertiary/aromatic N) is 1. The van der Waals surface area contributed by atoms with Crippen LogP contribution >= 0.6 is 27.5 Å². The molecule has 5 nitrogen and oxygen atoms in total. The molecule has 150 valence electrons. The molecule has 8 heteroatoms. The molecule has 3 aromatic rings. The van der Waals surface area contributed by atoms with Gasteiger partial charge in [0.1, 0.15) is 0 Å². The monoisotopic (exact) mass is 492 g/mol. The van der Waals surface area contributed by atoms with Gasteiger partial charge in [-0.1, -0.05) is 63.9 Å². The number of anilines is 1. The molecule has 0 fully saturated rings. The highest BCUT2D eigenvalue weighted by Crippen LogP contribution is 2.21. The molecule has 0 heterocycles. The first-order valence-electron chi connectivity index (χ1n) is 8.70. The second kappa shape index (κ2) is 9.54. The zero-order valence-corrected chi connectivity index (χ0v) is 18.4. The Morgan fingerprint density at radius 3 is 2.31 bits per heavy atom. The van der Waals surface area contributed by atoms with Gasteiger partial charge < -0.3 is 5.32 Å². The summed E-state index contributed by atoms with van der Waals surface area (Å²) < 4.78 is 28.3. The van der Waals surface area contributed by atoms with E-state index in [1.807, 2.05) is 36.4 Å². The van der Waals surface area contributed by atoms with Crippen LogP contribution in [0.4, 0.5) is 5.69 Å². The Balaban J connectivity index is 1.86. The Kier molecular flexibility index (Phi) is 7.08. The third-order valence-corrected chi connectivity index (χ3v) is 6.63. The number of hydrogen-bond donors (Lipinski definition) is 1. The number of hydrogen-bond acceptors (Lipinski definition) is 3. The standard InChI is InChI=1S/C21H18BrClN2O3S/c22-17-7-4-8-19(13-17)24-21(26)15-25(14-16-5-2-1-3-6-16)29(27,28)20-11-9-18(23)10-12-20/h1-13H,14-15H2,(H,24,26). The smallest absolute Gasteiger partial charge is 0.243 e. The molecule has 0 spiro atoms. The van der Waals surface area contributed by atoms with E-state index in [1.165, 1.54) is 24.3 Å². The third kappa shape index (κ3) is 5.90. The first kappa shape index (κ1) is 21.5. The van der Waals surface area contributed by atoms with Crippen molar-refractivity contribution in [2.24, 2.45) is 0 Å². The first-order chi connectivity index (χ1) is 13.8. The van der Waals surface area contributed by atoms with Crippen molar-refractivity contribution in [3.63, 3.8) is 0 Å². The predicted molar refractivity (Wildman–Crippen MR) is 118 cm³/mol. The highest BCUT2D eigenvalue weighted by atomic mass is 79.9. The van der Waals surface area contributed by atoms with E-state index in [0.717, 1.165) is 14.3 Å². The lowest BCUT2D eigenvalue weighted by Crippen LogP contribution is -2.37. The average Bonchev–Trinajstić information content (AvgIpc) is 2.68. The van der Waals surface area contributed by atoms with Gasteiger partial charge in [0.25, 0.3) is 0 Å². The normalized spacial score (nSPS) is 11.4. The second-order valence-corrected chi connectivity index (χ2v) is 9.56. The summed E-state index contributed by atoms with van der Waals surface area (Å²) >= 11 is 9.23. The van der Waals surface area contributed by atoms with Crippen LogP contribution in [0.3, 0.4) is 0 Å². The molecular formula is C21H18BrClN2O3S. The molecule has 29 heavy (non-hydrogen) atoms. The van der Waals surface area contributed by atoms with Crippen LogP contribution in [0, 0.1) is 0 Å². The van der Waals surface area contributed by atoms with E-state index in [-0.39, 0.29) is 18.0 Å². The molecule has 0 aliphatic heterocycles. The van der Waals surface area contributed by atoms with E-state index in [9.17, 15) is 13.2 Å². The van der Waals surface area contributed by atoms with Crippen LogP contribution in [0.25, 0.3) is 0 Å². The van der Waals surface area contributed by atoms with Crippen LogP contribution in [0.5, 0.6) is 0 Å². The van der Waals surface area contributed by atoms with Gasteiger partial charge in [-0.05, 0) is 48.0 Å². The van der Waals surface area contributed by atoms with Crippen molar-refractivity contribution in [1.82, 2.24) is 4.31 Å². The topological polar surface area (TPSA) is 66.5 Å². The summed E-state index contributed by atoms with van der Waals surface area (Å²) in [5, 5.41) is 3.17. The maximum atomic E-state index is 13.2. The molecule has 0 saturated carbocycles. The number of halogens is 2. The number of benzene rings is 3. The van der Waals surface area contributed by atoms with Crippen LogP contribution in [0.15, 0.2) is 88.2 Å². The minimum atomic E-state index is -3.91. The van der Waals surface area contributed by atoms with Crippen molar-refractivity contribution in [2.75, 3.05) is 11.9 Å². The molecule has 1 amide bonds. The highest BCUT2D eigenvalue weighted by Gasteiger charge is 2.27. The Hall–Kier alpha value is -2.19. The molecule has 0 aliphatic carbocycles. The summed E-state index contributed by atoms with van der Waals surface area (Å²) in [5.41, 5.74) is 1.35. The van der Waals surface area contributed by atoms with Gasteiger partial charge in [0.2, 0.25) is 15.9 Å². The van der Waals surface area contributed by atoms with Crippen LogP contribution in [0.1, 0.15) is 5.56 Å². The molecule has 0 aromatic heterocycles. The van der Waals surface area contributed by atoms with E-state index < -0.39 is 15.9 Å². The molecule has 0 atom stereocenters. The van der Waals surface area contributed by atoms with Crippen molar-refractivity contribution >= 4 is 49.1 Å². The van der Waals surface area contributed by atoms with Crippen LogP contribution in [-0.4, -0.2) is 25.2 Å². The third-order valence-electron chi connectivity index (χ3n) is 4.08. The highest BCUT2D eigenvalue weighted by molar-refractivity contribution is 9.10. The van der Waals surface area contributed by atoms with Gasteiger partial charge in [-0.2, -0.15) is 4.31 Å². The van der Waals surface area contributed by atoms with E-state index >= 15 is 0 Å². The van der Waals surface area contributed by atoms with Gasteiger partial charge in [0, 0.05) is 21.7 Å². The largest absolute Gasteiger partial charge is 0.325 e. The lowest BCUT2D eigenvalue weighted by Gasteiger charge is -2.22. The summed E-state index contributed by atoms with van der Waals surface area (Å²) in [6.07, 6.45) is 0. The summed E-state index contributed by atoms with van der Waals surface area (Å²) in [4.78, 5) is 12.7. The summed E-state index contributed by atoms with van der Waals surface area (Å²) in [7, 11) is -3.91.